The first-order chi connectivity index (χ1) is 9.42. The number of carbonyl (C=O) groups is 1. The van der Waals surface area contributed by atoms with Crippen LogP contribution in [0.3, 0.4) is 0 Å². The number of morpholine rings is 1. The van der Waals surface area contributed by atoms with Crippen molar-refractivity contribution in [2.45, 2.75) is 18.7 Å². The van der Waals surface area contributed by atoms with Gasteiger partial charge in [-0.25, -0.2) is 13.1 Å². The summed E-state index contributed by atoms with van der Waals surface area (Å²) >= 11 is 0. The highest BCUT2D eigenvalue weighted by molar-refractivity contribution is 7.89. The summed E-state index contributed by atoms with van der Waals surface area (Å²) in [5.74, 6) is -0.0718. The third-order valence-corrected chi connectivity index (χ3v) is 4.66. The molecule has 0 unspecified atom stereocenters. The molecule has 0 saturated carbocycles. The van der Waals surface area contributed by atoms with E-state index in [0.717, 1.165) is 0 Å². The zero-order chi connectivity index (χ0) is 14.8. The fourth-order valence-electron chi connectivity index (χ4n) is 2.01. The lowest BCUT2D eigenvalue weighted by atomic mass is 10.4. The van der Waals surface area contributed by atoms with Crippen molar-refractivity contribution in [3.8, 4) is 0 Å². The second kappa shape index (κ2) is 5.90. The van der Waals surface area contributed by atoms with Crippen LogP contribution in [0.15, 0.2) is 9.42 Å². The van der Waals surface area contributed by atoms with Crippen molar-refractivity contribution in [1.82, 2.24) is 14.8 Å². The van der Waals surface area contributed by atoms with E-state index in [9.17, 15) is 13.2 Å². The normalized spacial score (nSPS) is 16.4. The molecule has 0 radical (unpaired) electrons. The van der Waals surface area contributed by atoms with Crippen LogP contribution in [0.25, 0.3) is 0 Å². The summed E-state index contributed by atoms with van der Waals surface area (Å²) in [5, 5.41) is 3.59. The Labute approximate surface area is 117 Å². The molecule has 1 aromatic heterocycles. The quantitative estimate of drug-likeness (QED) is 0.799. The maximum Gasteiger partial charge on any atom is 0.246 e. The molecule has 8 nitrogen and oxygen atoms in total. The molecule has 9 heteroatoms. The van der Waals surface area contributed by atoms with E-state index in [0.29, 0.717) is 26.3 Å². The minimum Gasteiger partial charge on any atom is -0.378 e. The summed E-state index contributed by atoms with van der Waals surface area (Å²) in [5.41, 5.74) is 0.272. The van der Waals surface area contributed by atoms with E-state index in [1.807, 2.05) is 0 Å². The van der Waals surface area contributed by atoms with Gasteiger partial charge >= 0.3 is 0 Å². The average Bonchev–Trinajstić information content (AvgIpc) is 2.77. The van der Waals surface area contributed by atoms with Crippen molar-refractivity contribution in [3.63, 3.8) is 0 Å². The highest BCUT2D eigenvalue weighted by Crippen LogP contribution is 2.18. The fraction of sp³-hybridized carbons (Fsp3) is 0.636. The van der Waals surface area contributed by atoms with Crippen molar-refractivity contribution >= 4 is 15.9 Å². The Morgan fingerprint density at radius 2 is 2.00 bits per heavy atom. The van der Waals surface area contributed by atoms with Crippen molar-refractivity contribution in [2.75, 3.05) is 32.8 Å². The Kier molecular flexibility index (Phi) is 4.41. The second-order valence-electron chi connectivity index (χ2n) is 4.47. The highest BCUT2D eigenvalue weighted by Gasteiger charge is 2.26. The van der Waals surface area contributed by atoms with E-state index in [1.54, 1.807) is 4.90 Å². The van der Waals surface area contributed by atoms with Crippen LogP contribution in [0, 0.1) is 13.8 Å². The molecule has 2 heterocycles. The summed E-state index contributed by atoms with van der Waals surface area (Å²) in [4.78, 5) is 13.5. The number of nitrogens with one attached hydrogen (secondary N) is 1. The number of sulfonamides is 1. The standard InChI is InChI=1S/C11H17N3O5S/c1-8-11(9(2)19-13-8)20(16,17)12-7-10(15)14-3-5-18-6-4-14/h12H,3-7H2,1-2H3. The van der Waals surface area contributed by atoms with Gasteiger partial charge in [0.2, 0.25) is 15.9 Å². The second-order valence-corrected chi connectivity index (χ2v) is 6.17. The van der Waals surface area contributed by atoms with Crippen LogP contribution in [-0.4, -0.2) is 57.2 Å². The van der Waals surface area contributed by atoms with E-state index in [1.165, 1.54) is 13.8 Å². The predicted molar refractivity (Wildman–Crippen MR) is 68.6 cm³/mol. The first kappa shape index (κ1) is 14.9. The van der Waals surface area contributed by atoms with Gasteiger partial charge in [0.05, 0.1) is 19.8 Å². The molecule has 1 aromatic rings. The topological polar surface area (TPSA) is 102 Å². The predicted octanol–water partition coefficient (Wildman–Crippen LogP) is -0.571. The van der Waals surface area contributed by atoms with Crippen LogP contribution in [-0.2, 0) is 19.6 Å². The van der Waals surface area contributed by atoms with Crippen molar-refractivity contribution < 1.29 is 22.5 Å². The summed E-state index contributed by atoms with van der Waals surface area (Å²) in [6.45, 7) is 4.67. The number of aromatic nitrogens is 1. The Hall–Kier alpha value is -1.45. The number of rotatable bonds is 4. The van der Waals surface area contributed by atoms with E-state index in [4.69, 9.17) is 9.26 Å². The molecule has 1 amide bonds. The molecule has 2 rings (SSSR count). The molecule has 1 N–H and O–H groups in total. The Morgan fingerprint density at radius 1 is 1.35 bits per heavy atom. The van der Waals surface area contributed by atoms with Gasteiger partial charge in [0, 0.05) is 13.1 Å². The van der Waals surface area contributed by atoms with Crippen LogP contribution >= 0.6 is 0 Å². The van der Waals surface area contributed by atoms with Gasteiger partial charge in [-0.15, -0.1) is 0 Å². The maximum atomic E-state index is 12.1. The Balaban J connectivity index is 2.01. The van der Waals surface area contributed by atoms with Gasteiger partial charge in [0.1, 0.15) is 10.6 Å². The van der Waals surface area contributed by atoms with E-state index in [2.05, 4.69) is 9.88 Å². The van der Waals surface area contributed by atoms with Gasteiger partial charge in [-0.1, -0.05) is 5.16 Å². The van der Waals surface area contributed by atoms with Crippen LogP contribution in [0.5, 0.6) is 0 Å². The summed E-state index contributed by atoms with van der Waals surface area (Å²) < 4.78 is 36.5. The summed E-state index contributed by atoms with van der Waals surface area (Å²) in [6.07, 6.45) is 0. The first-order valence-electron chi connectivity index (χ1n) is 6.20. The lowest BCUT2D eigenvalue weighted by Crippen LogP contribution is -2.45. The van der Waals surface area contributed by atoms with Crippen molar-refractivity contribution in [2.24, 2.45) is 0 Å². The maximum absolute atomic E-state index is 12.1. The molecule has 0 atom stereocenters. The average molecular weight is 303 g/mol. The van der Waals surface area contributed by atoms with E-state index >= 15 is 0 Å². The molecule has 20 heavy (non-hydrogen) atoms. The Bertz CT molecular complexity index is 570. The SMILES string of the molecule is Cc1noc(C)c1S(=O)(=O)NCC(=O)N1CCOCC1. The van der Waals surface area contributed by atoms with Gasteiger partial charge in [-0.2, -0.15) is 0 Å². The van der Waals surface area contributed by atoms with E-state index in [-0.39, 0.29) is 28.8 Å². The minimum absolute atomic E-state index is 0.00715. The van der Waals surface area contributed by atoms with Gasteiger partial charge in [-0.3, -0.25) is 4.79 Å². The molecule has 0 spiro atoms. The van der Waals surface area contributed by atoms with Crippen LogP contribution < -0.4 is 4.72 Å². The third kappa shape index (κ3) is 3.17. The van der Waals surface area contributed by atoms with Gasteiger partial charge in [0.25, 0.3) is 0 Å². The van der Waals surface area contributed by atoms with Crippen LogP contribution in [0.1, 0.15) is 11.5 Å². The molecule has 1 saturated heterocycles. The van der Waals surface area contributed by atoms with Gasteiger partial charge in [0.15, 0.2) is 5.76 Å². The highest BCUT2D eigenvalue weighted by atomic mass is 32.2. The number of carbonyl (C=O) groups excluding carboxylic acids is 1. The summed E-state index contributed by atoms with van der Waals surface area (Å²) in [7, 11) is -3.80. The number of ether oxygens (including phenoxy) is 1. The van der Waals surface area contributed by atoms with Gasteiger partial charge < -0.3 is 14.2 Å². The molecular weight excluding hydrogens is 286 g/mol. The monoisotopic (exact) mass is 303 g/mol. The molecule has 1 fully saturated rings. The first-order valence-corrected chi connectivity index (χ1v) is 7.68. The largest absolute Gasteiger partial charge is 0.378 e. The van der Waals surface area contributed by atoms with Gasteiger partial charge in [-0.05, 0) is 13.8 Å². The number of nitrogens with zero attached hydrogens (tertiary/aromatic N) is 2. The zero-order valence-electron chi connectivity index (χ0n) is 11.4. The third-order valence-electron chi connectivity index (χ3n) is 3.01. The van der Waals surface area contributed by atoms with Crippen LogP contribution in [0.4, 0.5) is 0 Å². The molecule has 0 aliphatic carbocycles. The van der Waals surface area contributed by atoms with Crippen LogP contribution in [0.2, 0.25) is 0 Å². The molecule has 1 aliphatic rings. The number of aryl methyl sites for hydroxylation is 2. The lowest BCUT2D eigenvalue weighted by molar-refractivity contribution is -0.133. The van der Waals surface area contributed by atoms with Crippen molar-refractivity contribution in [3.05, 3.63) is 11.5 Å². The zero-order valence-corrected chi connectivity index (χ0v) is 12.2. The fourth-order valence-corrected chi connectivity index (χ4v) is 3.31. The van der Waals surface area contributed by atoms with E-state index < -0.39 is 10.0 Å². The smallest absolute Gasteiger partial charge is 0.246 e. The number of hydrogen-bond donors (Lipinski definition) is 1. The molecular formula is C11H17N3O5S. The number of hydrogen-bond acceptors (Lipinski definition) is 6. The van der Waals surface area contributed by atoms with Crippen molar-refractivity contribution in [1.29, 1.82) is 0 Å². The molecule has 0 aromatic carbocycles. The molecule has 112 valence electrons. The molecule has 0 bridgehead atoms. The number of amides is 1. The summed E-state index contributed by atoms with van der Waals surface area (Å²) in [6, 6.07) is 0. The molecule has 1 aliphatic heterocycles. The minimum atomic E-state index is -3.80. The Morgan fingerprint density at radius 3 is 2.55 bits per heavy atom. The lowest BCUT2D eigenvalue weighted by Gasteiger charge is -2.26.